The number of ether oxygens (including phenoxy) is 2. The van der Waals surface area contributed by atoms with Crippen molar-refractivity contribution in [3.05, 3.63) is 134 Å². The van der Waals surface area contributed by atoms with Gasteiger partial charge >= 0.3 is 19.8 Å². The molecule has 0 aromatic rings. The maximum absolute atomic E-state index is 12.9. The molecule has 0 aliphatic carbocycles. The lowest BCUT2D eigenvalue weighted by molar-refractivity contribution is -0.870. The topological polar surface area (TPSA) is 108 Å². The number of carbonyl (C=O) groups excluding carboxylic acids is 2. The molecule has 10 heteroatoms. The predicted octanol–water partition coefficient (Wildman–Crippen LogP) is 22.0. The van der Waals surface area contributed by atoms with E-state index in [1.807, 2.05) is 21.1 Å². The molecule has 0 bridgehead atoms. The van der Waals surface area contributed by atoms with Gasteiger partial charge in [0.2, 0.25) is 0 Å². The monoisotopic (exact) mass is 1190 g/mol. The Balaban J connectivity index is 4.19. The van der Waals surface area contributed by atoms with E-state index in [1.165, 1.54) is 128 Å². The molecule has 0 aromatic carbocycles. The molecule has 0 heterocycles. The molecule has 0 saturated heterocycles. The summed E-state index contributed by atoms with van der Waals surface area (Å²) in [4.78, 5) is 35.8. The highest BCUT2D eigenvalue weighted by Crippen LogP contribution is 2.43. The van der Waals surface area contributed by atoms with Crippen LogP contribution < -0.4 is 0 Å². The third kappa shape index (κ3) is 67.3. The van der Waals surface area contributed by atoms with E-state index in [2.05, 4.69) is 148 Å². The minimum Gasteiger partial charge on any atom is -0.462 e. The van der Waals surface area contributed by atoms with Crippen molar-refractivity contribution in [2.75, 3.05) is 47.5 Å². The third-order valence-corrected chi connectivity index (χ3v) is 15.1. The lowest BCUT2D eigenvalue weighted by atomic mass is 10.0. The highest BCUT2D eigenvalue weighted by atomic mass is 31.2. The van der Waals surface area contributed by atoms with Crippen LogP contribution in [0.2, 0.25) is 0 Å². The first-order valence-electron chi connectivity index (χ1n) is 33.9. The third-order valence-electron chi connectivity index (χ3n) is 14.2. The van der Waals surface area contributed by atoms with Crippen LogP contribution in [0.5, 0.6) is 0 Å². The number of nitrogens with zero attached hydrogens (tertiary/aromatic N) is 1. The van der Waals surface area contributed by atoms with Gasteiger partial charge in [-0.25, -0.2) is 4.57 Å². The average Bonchev–Trinajstić information content (AvgIpc) is 3.61. The second-order valence-electron chi connectivity index (χ2n) is 23.5. The molecule has 0 radical (unpaired) electrons. The molecule has 2 unspecified atom stereocenters. The highest BCUT2D eigenvalue weighted by molar-refractivity contribution is 7.47. The van der Waals surface area contributed by atoms with E-state index in [9.17, 15) is 19.0 Å². The molecule has 84 heavy (non-hydrogen) atoms. The molecule has 0 saturated carbocycles. The van der Waals surface area contributed by atoms with Crippen molar-refractivity contribution in [1.29, 1.82) is 0 Å². The van der Waals surface area contributed by atoms with Crippen LogP contribution in [-0.2, 0) is 32.7 Å². The molecule has 0 spiro atoms. The second-order valence-corrected chi connectivity index (χ2v) is 24.9. The smallest absolute Gasteiger partial charge is 0.462 e. The number of phosphoric acid groups is 1. The summed E-state index contributed by atoms with van der Waals surface area (Å²) in [5.74, 6) is -0.829. The Morgan fingerprint density at radius 2 is 0.679 bits per heavy atom. The number of allylic oxidation sites excluding steroid dienone is 22. The lowest BCUT2D eigenvalue weighted by Gasteiger charge is -2.24. The van der Waals surface area contributed by atoms with E-state index in [4.69, 9.17) is 18.5 Å². The average molecular weight is 1190 g/mol. The van der Waals surface area contributed by atoms with Crippen LogP contribution in [-0.4, -0.2) is 74.9 Å². The van der Waals surface area contributed by atoms with Crippen LogP contribution >= 0.6 is 7.82 Å². The van der Waals surface area contributed by atoms with E-state index >= 15 is 0 Å². The zero-order valence-corrected chi connectivity index (χ0v) is 55.5. The van der Waals surface area contributed by atoms with Gasteiger partial charge in [0.15, 0.2) is 6.10 Å². The molecule has 0 fully saturated rings. The van der Waals surface area contributed by atoms with Gasteiger partial charge in [-0.1, -0.05) is 276 Å². The van der Waals surface area contributed by atoms with Gasteiger partial charge in [-0.05, 0) is 116 Å². The van der Waals surface area contributed by atoms with Gasteiger partial charge in [-0.3, -0.25) is 18.6 Å². The van der Waals surface area contributed by atoms with Crippen molar-refractivity contribution in [3.63, 3.8) is 0 Å². The van der Waals surface area contributed by atoms with Crippen LogP contribution in [0.1, 0.15) is 271 Å². The Bertz CT molecular complexity index is 1880. The number of unbranched alkanes of at least 4 members (excludes halogenated alkanes) is 25. The van der Waals surface area contributed by atoms with Crippen LogP contribution in [0.25, 0.3) is 0 Å². The molecule has 0 aromatic heterocycles. The fourth-order valence-electron chi connectivity index (χ4n) is 8.98. The van der Waals surface area contributed by atoms with E-state index in [1.54, 1.807) is 0 Å². The summed E-state index contributed by atoms with van der Waals surface area (Å²) in [6.07, 6.45) is 92.6. The minimum atomic E-state index is -4.41. The second kappa shape index (κ2) is 63.6. The van der Waals surface area contributed by atoms with Crippen LogP contribution in [0.4, 0.5) is 0 Å². The van der Waals surface area contributed by atoms with E-state index in [-0.39, 0.29) is 32.0 Å². The van der Waals surface area contributed by atoms with E-state index < -0.39 is 26.5 Å². The van der Waals surface area contributed by atoms with Crippen molar-refractivity contribution in [3.8, 4) is 0 Å². The Kier molecular flexibility index (Phi) is 60.7. The zero-order chi connectivity index (χ0) is 61.2. The first-order chi connectivity index (χ1) is 41.0. The number of quaternary nitrogens is 1. The molecule has 0 amide bonds. The molecule has 0 rings (SSSR count). The molecule has 9 nitrogen and oxygen atoms in total. The maximum atomic E-state index is 12.9. The van der Waals surface area contributed by atoms with Crippen molar-refractivity contribution < 1.29 is 42.1 Å². The Labute approximate surface area is 517 Å². The molecule has 480 valence electrons. The zero-order valence-electron chi connectivity index (χ0n) is 54.6. The minimum absolute atomic E-state index is 0.0201. The van der Waals surface area contributed by atoms with Crippen molar-refractivity contribution in [1.82, 2.24) is 0 Å². The molecular weight excluding hydrogens is 1060 g/mol. The molecule has 1 N–H and O–H groups in total. The fourth-order valence-corrected chi connectivity index (χ4v) is 9.72. The largest absolute Gasteiger partial charge is 0.472 e. The van der Waals surface area contributed by atoms with Gasteiger partial charge in [0.05, 0.1) is 27.7 Å². The van der Waals surface area contributed by atoms with Gasteiger partial charge in [0, 0.05) is 12.8 Å². The summed E-state index contributed by atoms with van der Waals surface area (Å²) in [7, 11) is 1.45. The Morgan fingerprint density at radius 1 is 0.381 bits per heavy atom. The normalized spacial score (nSPS) is 14.0. The molecule has 0 aliphatic rings. The van der Waals surface area contributed by atoms with Gasteiger partial charge in [0.25, 0.3) is 0 Å². The Hall–Kier alpha value is -3.85. The maximum Gasteiger partial charge on any atom is 0.472 e. The summed E-state index contributed by atoms with van der Waals surface area (Å²) in [5, 5.41) is 0. The summed E-state index contributed by atoms with van der Waals surface area (Å²) in [6.45, 7) is 4.30. The van der Waals surface area contributed by atoms with Crippen molar-refractivity contribution >= 4 is 19.8 Å². The van der Waals surface area contributed by atoms with Gasteiger partial charge < -0.3 is 18.9 Å². The first kappa shape index (κ1) is 80.2. The molecule has 2 atom stereocenters. The summed E-state index contributed by atoms with van der Waals surface area (Å²) in [6, 6.07) is 0. The Morgan fingerprint density at radius 3 is 1.02 bits per heavy atom. The lowest BCUT2D eigenvalue weighted by Crippen LogP contribution is -2.37. The summed E-state index contributed by atoms with van der Waals surface area (Å²) in [5.41, 5.74) is 0. The molecule has 0 aliphatic heterocycles. The number of hydrogen-bond acceptors (Lipinski definition) is 7. The van der Waals surface area contributed by atoms with Crippen molar-refractivity contribution in [2.24, 2.45) is 0 Å². The number of phosphoric ester groups is 1. The standard InChI is InChI=1S/C74H126NO8P/c1-6-8-10-12-14-16-18-20-22-24-26-28-30-32-33-34-35-36-37-38-39-40-41-43-45-47-49-51-53-55-57-59-61-63-65-67-74(77)83-72(71-82-84(78,79)81-69-68-75(3,4)5)70-80-73(76)66-64-62-60-58-56-54-52-50-48-46-44-42-31-29-27-25-23-21-19-17-15-13-11-9-7-2/h8,10,14,16,20,22,25-28,32-33,35-36,38-39,41,43,47,49,53,55,72H,6-7,9,11-13,15,17-19,21,23-24,29-31,34,37,40,42,44-46,48,50-52,54,56-71H2,1-5H3/p+1/b10-8-,16-14-,22-20-,27-25-,28-26-,33-32-,36-35-,39-38-,43-41-,49-47-,55-53-. The van der Waals surface area contributed by atoms with Crippen LogP contribution in [0.3, 0.4) is 0 Å². The fraction of sp³-hybridized carbons (Fsp3) is 0.676. The first-order valence-corrected chi connectivity index (χ1v) is 35.4. The molecular formula is C74H127NO8P+. The summed E-state index contributed by atoms with van der Waals surface area (Å²) < 4.78 is 34.7. The highest BCUT2D eigenvalue weighted by Gasteiger charge is 2.27. The number of hydrogen-bond donors (Lipinski definition) is 1. The van der Waals surface area contributed by atoms with Crippen LogP contribution in [0.15, 0.2) is 134 Å². The van der Waals surface area contributed by atoms with Gasteiger partial charge in [0.1, 0.15) is 19.8 Å². The number of rotatable bonds is 61. The summed E-state index contributed by atoms with van der Waals surface area (Å²) >= 11 is 0. The predicted molar refractivity (Wildman–Crippen MR) is 362 cm³/mol. The van der Waals surface area contributed by atoms with Gasteiger partial charge in [-0.15, -0.1) is 0 Å². The SMILES string of the molecule is CC/C=C\C/C=C\C/C=C\C/C=C\C/C=C\C/C=C\C/C=C\C/C=C\C/C=C\C/C=C\CCCCCCC(=O)OC(COC(=O)CCCCCCCCCCCCCCC/C=C\CCCCCCCCCC)COP(=O)(O)OCC[N+](C)(C)C. The number of carbonyl (C=O) groups is 2. The van der Waals surface area contributed by atoms with E-state index in [0.717, 1.165) is 109 Å². The van der Waals surface area contributed by atoms with Crippen LogP contribution in [0, 0.1) is 0 Å². The van der Waals surface area contributed by atoms with Crippen molar-refractivity contribution in [2.45, 2.75) is 277 Å². The van der Waals surface area contributed by atoms with Gasteiger partial charge in [-0.2, -0.15) is 0 Å². The quantitative estimate of drug-likeness (QED) is 0.0211. The number of likely N-dealkylation sites (N-methyl/N-ethyl adjacent to an activating group) is 1. The number of esters is 2. The van der Waals surface area contributed by atoms with E-state index in [0.29, 0.717) is 17.4 Å².